The maximum atomic E-state index is 13.6. The van der Waals surface area contributed by atoms with E-state index in [9.17, 15) is 9.18 Å². The molecule has 1 atom stereocenters. The summed E-state index contributed by atoms with van der Waals surface area (Å²) in [6.45, 7) is 3.41. The quantitative estimate of drug-likeness (QED) is 0.874. The number of rotatable bonds is 3. The van der Waals surface area contributed by atoms with Crippen LogP contribution in [0.5, 0.6) is 0 Å². The highest BCUT2D eigenvalue weighted by atomic mass is 19.1. The van der Waals surface area contributed by atoms with Crippen molar-refractivity contribution in [1.82, 2.24) is 5.32 Å². The molecule has 1 aromatic carbocycles. The Morgan fingerprint density at radius 2 is 2.45 bits per heavy atom. The van der Waals surface area contributed by atoms with Crippen LogP contribution in [-0.4, -0.2) is 31.7 Å². The Kier molecular flexibility index (Phi) is 4.66. The van der Waals surface area contributed by atoms with Crippen molar-refractivity contribution in [2.24, 2.45) is 0 Å². The number of ether oxygens (including phenoxy) is 1. The summed E-state index contributed by atoms with van der Waals surface area (Å²) in [5.74, 6) is -0.732. The summed E-state index contributed by atoms with van der Waals surface area (Å²) in [5.41, 5.74) is 0.844. The summed E-state index contributed by atoms with van der Waals surface area (Å²) in [6.07, 6.45) is 0.248. The van der Waals surface area contributed by atoms with Gasteiger partial charge in [-0.15, -0.1) is 0 Å². The molecule has 0 aromatic heterocycles. The van der Waals surface area contributed by atoms with E-state index in [4.69, 9.17) is 10.00 Å². The molecular formula is C14H16FN3O2. The fourth-order valence-electron chi connectivity index (χ4n) is 2.05. The largest absolute Gasteiger partial charge is 0.378 e. The fraction of sp³-hybridized carbons (Fsp3) is 0.429. The molecule has 2 N–H and O–H groups in total. The number of nitrogens with one attached hydrogen (secondary N) is 2. The maximum Gasteiger partial charge on any atom is 0.226 e. The van der Waals surface area contributed by atoms with Crippen molar-refractivity contribution in [2.75, 3.05) is 25.1 Å². The van der Waals surface area contributed by atoms with Crippen LogP contribution in [-0.2, 0) is 9.53 Å². The molecule has 1 amide bonds. The predicted octanol–water partition coefficient (Wildman–Crippen LogP) is 1.32. The average Bonchev–Trinajstić information content (AvgIpc) is 2.44. The van der Waals surface area contributed by atoms with E-state index in [1.807, 2.05) is 6.07 Å². The Bertz CT molecular complexity index is 548. The van der Waals surface area contributed by atoms with Crippen LogP contribution in [0.2, 0.25) is 0 Å². The molecule has 106 valence electrons. The summed E-state index contributed by atoms with van der Waals surface area (Å²) in [7, 11) is 0. The zero-order valence-corrected chi connectivity index (χ0v) is 11.2. The zero-order valence-electron chi connectivity index (χ0n) is 11.2. The molecule has 6 heteroatoms. The van der Waals surface area contributed by atoms with Crippen LogP contribution in [0, 0.1) is 24.1 Å². The third-order valence-corrected chi connectivity index (χ3v) is 3.18. The molecule has 0 bridgehead atoms. The molecule has 20 heavy (non-hydrogen) atoms. The van der Waals surface area contributed by atoms with Crippen molar-refractivity contribution >= 4 is 11.6 Å². The van der Waals surface area contributed by atoms with E-state index in [0.717, 1.165) is 12.6 Å². The minimum Gasteiger partial charge on any atom is -0.378 e. The van der Waals surface area contributed by atoms with Crippen molar-refractivity contribution in [3.63, 3.8) is 0 Å². The van der Waals surface area contributed by atoms with Crippen LogP contribution in [0.4, 0.5) is 10.1 Å². The van der Waals surface area contributed by atoms with E-state index in [1.54, 1.807) is 6.92 Å². The Morgan fingerprint density at radius 3 is 3.10 bits per heavy atom. The van der Waals surface area contributed by atoms with Crippen molar-refractivity contribution < 1.29 is 13.9 Å². The molecule has 1 aliphatic rings. The first-order chi connectivity index (χ1) is 9.60. The average molecular weight is 277 g/mol. The molecule has 1 aromatic rings. The van der Waals surface area contributed by atoms with E-state index < -0.39 is 5.82 Å². The highest BCUT2D eigenvalue weighted by molar-refractivity contribution is 5.92. The zero-order chi connectivity index (χ0) is 14.5. The molecule has 0 radical (unpaired) electrons. The number of hydrogen-bond donors (Lipinski definition) is 2. The van der Waals surface area contributed by atoms with Crippen LogP contribution in [0.25, 0.3) is 0 Å². The predicted molar refractivity (Wildman–Crippen MR) is 71.7 cm³/mol. The van der Waals surface area contributed by atoms with Crippen molar-refractivity contribution in [2.45, 2.75) is 19.4 Å². The Morgan fingerprint density at radius 1 is 1.65 bits per heavy atom. The number of nitriles is 1. The first-order valence-corrected chi connectivity index (χ1v) is 6.41. The van der Waals surface area contributed by atoms with Gasteiger partial charge in [0, 0.05) is 30.3 Å². The number of hydrogen-bond acceptors (Lipinski definition) is 4. The number of amides is 1. The summed E-state index contributed by atoms with van der Waals surface area (Å²) in [4.78, 5) is 11.9. The summed E-state index contributed by atoms with van der Waals surface area (Å²) >= 11 is 0. The van der Waals surface area contributed by atoms with Crippen molar-refractivity contribution in [3.8, 4) is 6.07 Å². The Balaban J connectivity index is 2.03. The van der Waals surface area contributed by atoms with Gasteiger partial charge >= 0.3 is 0 Å². The molecule has 0 spiro atoms. The minimum atomic E-state index is -0.501. The molecule has 5 nitrogen and oxygen atoms in total. The van der Waals surface area contributed by atoms with E-state index >= 15 is 0 Å². The van der Waals surface area contributed by atoms with Gasteiger partial charge in [-0.05, 0) is 19.1 Å². The van der Waals surface area contributed by atoms with Gasteiger partial charge in [0.1, 0.15) is 5.82 Å². The number of morpholine rings is 1. The standard InChI is InChI=1S/C14H16FN3O2/c1-9-12(15)4-10(7-16)5-13(9)18-14(19)6-11-8-20-3-2-17-11/h4-5,11,17H,2-3,6,8H2,1H3,(H,18,19). The highest BCUT2D eigenvalue weighted by Gasteiger charge is 2.18. The monoisotopic (exact) mass is 277 g/mol. The number of benzene rings is 1. The van der Waals surface area contributed by atoms with Gasteiger partial charge in [-0.3, -0.25) is 4.79 Å². The molecule has 1 fully saturated rings. The molecule has 1 unspecified atom stereocenters. The Labute approximate surface area is 116 Å². The molecule has 1 heterocycles. The van der Waals surface area contributed by atoms with Gasteiger partial charge in [-0.2, -0.15) is 5.26 Å². The molecule has 0 saturated carbocycles. The van der Waals surface area contributed by atoms with Gasteiger partial charge in [0.05, 0.1) is 24.8 Å². The van der Waals surface area contributed by atoms with Crippen molar-refractivity contribution in [3.05, 3.63) is 29.1 Å². The summed E-state index contributed by atoms with van der Waals surface area (Å²) in [5, 5.41) is 14.6. The first kappa shape index (κ1) is 14.4. The lowest BCUT2D eigenvalue weighted by molar-refractivity contribution is -0.117. The number of halogens is 1. The number of nitrogens with zero attached hydrogens (tertiary/aromatic N) is 1. The van der Waals surface area contributed by atoms with E-state index in [1.165, 1.54) is 6.07 Å². The molecule has 0 aliphatic carbocycles. The smallest absolute Gasteiger partial charge is 0.226 e. The van der Waals surface area contributed by atoms with E-state index in [2.05, 4.69) is 10.6 Å². The van der Waals surface area contributed by atoms with Gasteiger partial charge in [0.25, 0.3) is 0 Å². The van der Waals surface area contributed by atoms with Gasteiger partial charge in [-0.25, -0.2) is 4.39 Å². The second-order valence-corrected chi connectivity index (χ2v) is 4.72. The normalized spacial score (nSPS) is 18.4. The van der Waals surface area contributed by atoms with E-state index in [0.29, 0.717) is 24.5 Å². The van der Waals surface area contributed by atoms with Gasteiger partial charge in [0.2, 0.25) is 5.91 Å². The first-order valence-electron chi connectivity index (χ1n) is 6.41. The third-order valence-electron chi connectivity index (χ3n) is 3.18. The second-order valence-electron chi connectivity index (χ2n) is 4.72. The number of carbonyl (C=O) groups is 1. The summed E-state index contributed by atoms with van der Waals surface area (Å²) in [6, 6.07) is 4.46. The Hall–Kier alpha value is -1.97. The third kappa shape index (κ3) is 3.53. The SMILES string of the molecule is Cc1c(F)cc(C#N)cc1NC(=O)CC1COCCN1. The number of anilines is 1. The van der Waals surface area contributed by atoms with Crippen LogP contribution in [0.15, 0.2) is 12.1 Å². The van der Waals surface area contributed by atoms with Gasteiger partial charge in [-0.1, -0.05) is 0 Å². The van der Waals surface area contributed by atoms with Crippen molar-refractivity contribution in [1.29, 1.82) is 5.26 Å². The minimum absolute atomic E-state index is 0.0342. The molecule has 1 aliphatic heterocycles. The maximum absolute atomic E-state index is 13.6. The second kappa shape index (κ2) is 6.46. The topological polar surface area (TPSA) is 74.2 Å². The lowest BCUT2D eigenvalue weighted by Crippen LogP contribution is -2.43. The summed E-state index contributed by atoms with van der Waals surface area (Å²) < 4.78 is 18.9. The van der Waals surface area contributed by atoms with Crippen LogP contribution >= 0.6 is 0 Å². The van der Waals surface area contributed by atoms with Crippen LogP contribution in [0.1, 0.15) is 17.5 Å². The highest BCUT2D eigenvalue weighted by Crippen LogP contribution is 2.20. The van der Waals surface area contributed by atoms with Crippen LogP contribution < -0.4 is 10.6 Å². The van der Waals surface area contributed by atoms with Crippen LogP contribution in [0.3, 0.4) is 0 Å². The number of carbonyl (C=O) groups excluding carboxylic acids is 1. The lowest BCUT2D eigenvalue weighted by Gasteiger charge is -2.23. The van der Waals surface area contributed by atoms with E-state index in [-0.39, 0.29) is 23.9 Å². The molecule has 1 saturated heterocycles. The van der Waals surface area contributed by atoms with Gasteiger partial charge < -0.3 is 15.4 Å². The van der Waals surface area contributed by atoms with Gasteiger partial charge in [0.15, 0.2) is 0 Å². The fourth-order valence-corrected chi connectivity index (χ4v) is 2.05. The molecular weight excluding hydrogens is 261 g/mol. The molecule has 2 rings (SSSR count). The lowest BCUT2D eigenvalue weighted by atomic mass is 10.1.